The van der Waals surface area contributed by atoms with Gasteiger partial charge in [-0.15, -0.1) is 0 Å². The number of unbranched alkanes of at least 4 members (excludes halogenated alkanes) is 1. The number of methoxy groups -OCH3 is 1. The Kier molecular flexibility index (Phi) is 6.63. The van der Waals surface area contributed by atoms with E-state index in [1.54, 1.807) is 13.2 Å². The summed E-state index contributed by atoms with van der Waals surface area (Å²) in [5, 5.41) is 8.85. The fourth-order valence-corrected chi connectivity index (χ4v) is 2.84. The number of sulfonamides is 1. The molecule has 0 aliphatic rings. The van der Waals surface area contributed by atoms with E-state index in [0.717, 1.165) is 6.42 Å². The summed E-state index contributed by atoms with van der Waals surface area (Å²) in [7, 11) is -1.85. The van der Waals surface area contributed by atoms with Crippen molar-refractivity contribution < 1.29 is 23.1 Å². The van der Waals surface area contributed by atoms with Crippen LogP contribution < -0.4 is 4.72 Å². The summed E-state index contributed by atoms with van der Waals surface area (Å²) in [4.78, 5) is 10.8. The number of hydrogen-bond acceptors (Lipinski definition) is 4. The summed E-state index contributed by atoms with van der Waals surface area (Å²) in [6.07, 6.45) is 1.48. The van der Waals surface area contributed by atoms with E-state index in [1.807, 2.05) is 0 Å². The molecule has 0 saturated carbocycles. The molecule has 0 aliphatic carbocycles. The molecule has 1 aromatic rings. The highest BCUT2D eigenvalue weighted by Crippen LogP contribution is 2.09. The van der Waals surface area contributed by atoms with Gasteiger partial charge in [0.15, 0.2) is 0 Å². The topological polar surface area (TPSA) is 92.7 Å². The van der Waals surface area contributed by atoms with Crippen molar-refractivity contribution in [2.45, 2.75) is 18.6 Å². The van der Waals surface area contributed by atoms with Gasteiger partial charge in [-0.2, -0.15) is 0 Å². The van der Waals surface area contributed by atoms with Crippen LogP contribution >= 0.6 is 0 Å². The zero-order chi connectivity index (χ0) is 15.0. The Hall–Kier alpha value is -1.44. The second-order valence-corrected chi connectivity index (χ2v) is 6.17. The molecule has 0 amide bonds. The number of rotatable bonds is 9. The van der Waals surface area contributed by atoms with Gasteiger partial charge in [-0.05, 0) is 30.5 Å². The maximum absolute atomic E-state index is 11.8. The van der Waals surface area contributed by atoms with Crippen LogP contribution in [-0.4, -0.2) is 39.8 Å². The minimum atomic E-state index is -3.45. The molecule has 6 nitrogen and oxygen atoms in total. The molecule has 0 radical (unpaired) electrons. The lowest BCUT2D eigenvalue weighted by molar-refractivity contribution is 0.0696. The third kappa shape index (κ3) is 6.14. The molecule has 0 bridgehead atoms. The van der Waals surface area contributed by atoms with Crippen molar-refractivity contribution in [2.24, 2.45) is 0 Å². The molecular formula is C13H19NO5S. The van der Waals surface area contributed by atoms with Gasteiger partial charge in [0.25, 0.3) is 0 Å². The largest absolute Gasteiger partial charge is 0.478 e. The monoisotopic (exact) mass is 301 g/mol. The summed E-state index contributed by atoms with van der Waals surface area (Å²) >= 11 is 0. The van der Waals surface area contributed by atoms with E-state index in [-0.39, 0.29) is 11.3 Å². The van der Waals surface area contributed by atoms with Crippen molar-refractivity contribution in [2.75, 3.05) is 20.3 Å². The second-order valence-electron chi connectivity index (χ2n) is 4.36. The van der Waals surface area contributed by atoms with Crippen molar-refractivity contribution in [1.29, 1.82) is 0 Å². The van der Waals surface area contributed by atoms with Crippen LogP contribution in [0.2, 0.25) is 0 Å². The lowest BCUT2D eigenvalue weighted by Crippen LogP contribution is -2.26. The van der Waals surface area contributed by atoms with Gasteiger partial charge in [0.2, 0.25) is 10.0 Å². The Morgan fingerprint density at radius 2 is 2.10 bits per heavy atom. The van der Waals surface area contributed by atoms with E-state index < -0.39 is 16.0 Å². The van der Waals surface area contributed by atoms with Crippen molar-refractivity contribution in [1.82, 2.24) is 4.72 Å². The van der Waals surface area contributed by atoms with E-state index >= 15 is 0 Å². The van der Waals surface area contributed by atoms with Crippen molar-refractivity contribution in [3.63, 3.8) is 0 Å². The Morgan fingerprint density at radius 3 is 2.75 bits per heavy atom. The van der Waals surface area contributed by atoms with Gasteiger partial charge in [0, 0.05) is 20.3 Å². The molecular weight excluding hydrogens is 282 g/mol. The Morgan fingerprint density at radius 1 is 1.35 bits per heavy atom. The Labute approximate surface area is 118 Å². The quantitative estimate of drug-likeness (QED) is 0.669. The number of carboxylic acid groups (broad SMARTS) is 1. The first-order chi connectivity index (χ1) is 9.44. The number of benzene rings is 1. The maximum Gasteiger partial charge on any atom is 0.335 e. The molecule has 0 fully saturated rings. The normalized spacial score (nSPS) is 11.4. The van der Waals surface area contributed by atoms with Crippen LogP contribution in [0.1, 0.15) is 28.8 Å². The lowest BCUT2D eigenvalue weighted by atomic mass is 10.1. The summed E-state index contributed by atoms with van der Waals surface area (Å²) in [5.41, 5.74) is 0.534. The van der Waals surface area contributed by atoms with Gasteiger partial charge in [-0.25, -0.2) is 17.9 Å². The summed E-state index contributed by atoms with van der Waals surface area (Å²) in [6.45, 7) is 0.951. The molecule has 1 aromatic carbocycles. The van der Waals surface area contributed by atoms with Crippen LogP contribution in [0.4, 0.5) is 0 Å². The minimum absolute atomic E-state index is 0.0813. The van der Waals surface area contributed by atoms with E-state index in [4.69, 9.17) is 9.84 Å². The van der Waals surface area contributed by atoms with Crippen LogP contribution in [0, 0.1) is 0 Å². The molecule has 0 unspecified atom stereocenters. The van der Waals surface area contributed by atoms with E-state index in [1.165, 1.54) is 18.2 Å². The fraction of sp³-hybridized carbons (Fsp3) is 0.462. The molecule has 112 valence electrons. The first-order valence-corrected chi connectivity index (χ1v) is 7.88. The molecule has 0 saturated heterocycles. The summed E-state index contributed by atoms with van der Waals surface area (Å²) < 4.78 is 31.0. The molecule has 0 aliphatic heterocycles. The van der Waals surface area contributed by atoms with Gasteiger partial charge in [-0.1, -0.05) is 12.1 Å². The van der Waals surface area contributed by atoms with Gasteiger partial charge in [0.1, 0.15) is 0 Å². The summed E-state index contributed by atoms with van der Waals surface area (Å²) in [5.74, 6) is -1.30. The number of carboxylic acids is 1. The predicted molar refractivity (Wildman–Crippen MR) is 75.1 cm³/mol. The van der Waals surface area contributed by atoms with Gasteiger partial charge in [-0.3, -0.25) is 0 Å². The molecule has 7 heteroatoms. The van der Waals surface area contributed by atoms with Crippen molar-refractivity contribution >= 4 is 16.0 Å². The second kappa shape index (κ2) is 7.98. The highest BCUT2D eigenvalue weighted by molar-refractivity contribution is 7.88. The van der Waals surface area contributed by atoms with Crippen LogP contribution in [0.5, 0.6) is 0 Å². The van der Waals surface area contributed by atoms with Crippen LogP contribution in [0.15, 0.2) is 24.3 Å². The summed E-state index contributed by atoms with van der Waals surface area (Å²) in [6, 6.07) is 5.92. The van der Waals surface area contributed by atoms with E-state index in [0.29, 0.717) is 25.1 Å². The maximum atomic E-state index is 11.8. The number of aromatic carboxylic acids is 1. The average molecular weight is 301 g/mol. The van der Waals surface area contributed by atoms with Gasteiger partial charge in [0.05, 0.1) is 11.3 Å². The first-order valence-electron chi connectivity index (χ1n) is 6.23. The van der Waals surface area contributed by atoms with E-state index in [9.17, 15) is 13.2 Å². The smallest absolute Gasteiger partial charge is 0.335 e. The number of nitrogens with one attached hydrogen (secondary N) is 1. The Bertz CT molecular complexity index is 541. The molecule has 1 rings (SSSR count). The number of ether oxygens (including phenoxy) is 1. The number of carbonyl (C=O) groups is 1. The zero-order valence-electron chi connectivity index (χ0n) is 11.3. The number of hydrogen-bond donors (Lipinski definition) is 2. The third-order valence-corrected chi connectivity index (χ3v) is 3.99. The van der Waals surface area contributed by atoms with Crippen LogP contribution in [0.3, 0.4) is 0 Å². The van der Waals surface area contributed by atoms with Crippen LogP contribution in [0.25, 0.3) is 0 Å². The Balaban J connectivity index is 2.53. The zero-order valence-corrected chi connectivity index (χ0v) is 12.1. The molecule has 0 aromatic heterocycles. The average Bonchev–Trinajstić information content (AvgIpc) is 2.38. The molecule has 20 heavy (non-hydrogen) atoms. The third-order valence-electron chi connectivity index (χ3n) is 2.63. The first kappa shape index (κ1) is 16.6. The van der Waals surface area contributed by atoms with E-state index in [2.05, 4.69) is 4.72 Å². The molecule has 0 heterocycles. The van der Waals surface area contributed by atoms with Gasteiger partial charge >= 0.3 is 5.97 Å². The van der Waals surface area contributed by atoms with Gasteiger partial charge < -0.3 is 9.84 Å². The molecule has 0 atom stereocenters. The fourth-order valence-electron chi connectivity index (χ4n) is 1.66. The lowest BCUT2D eigenvalue weighted by Gasteiger charge is -2.07. The standard InChI is InChI=1S/C13H19NO5S/c1-19-8-3-2-7-14-20(17,18)10-11-5-4-6-12(9-11)13(15)16/h4-6,9,14H,2-3,7-8,10H2,1H3,(H,15,16). The van der Waals surface area contributed by atoms with Crippen molar-refractivity contribution in [3.05, 3.63) is 35.4 Å². The highest BCUT2D eigenvalue weighted by atomic mass is 32.2. The minimum Gasteiger partial charge on any atom is -0.478 e. The van der Waals surface area contributed by atoms with Crippen molar-refractivity contribution in [3.8, 4) is 0 Å². The highest BCUT2D eigenvalue weighted by Gasteiger charge is 2.12. The predicted octanol–water partition coefficient (Wildman–Crippen LogP) is 1.23. The SMILES string of the molecule is COCCCCNS(=O)(=O)Cc1cccc(C(=O)O)c1. The molecule has 0 spiro atoms. The van der Waals surface area contributed by atoms with Crippen LogP contribution in [-0.2, 0) is 20.5 Å². The molecule has 2 N–H and O–H groups in total.